The summed E-state index contributed by atoms with van der Waals surface area (Å²) < 4.78 is 0. The van der Waals surface area contributed by atoms with Crippen LogP contribution in [0.4, 0.5) is 0 Å². The quantitative estimate of drug-likeness (QED) is 0.0392. The van der Waals surface area contributed by atoms with E-state index in [0.717, 1.165) is 24.5 Å². The zero-order valence-corrected chi connectivity index (χ0v) is 66.4. The van der Waals surface area contributed by atoms with Crippen molar-refractivity contribution >= 4 is 90.5 Å². The summed E-state index contributed by atoms with van der Waals surface area (Å²) in [6, 6.07) is 5.14. The van der Waals surface area contributed by atoms with Gasteiger partial charge in [-0.15, -0.1) is 12.8 Å². The fourth-order valence-corrected chi connectivity index (χ4v) is 1.99. The molecule has 0 saturated carbocycles. The van der Waals surface area contributed by atoms with Crippen molar-refractivity contribution in [1.82, 2.24) is 0 Å². The Morgan fingerprint density at radius 1 is 0.507 bits per heavy atom. The molecule has 1 aromatic carbocycles. The molecule has 0 heterocycles. The Balaban J connectivity index is -0.0000000235. The van der Waals surface area contributed by atoms with Crippen LogP contribution in [0.25, 0.3) is 0 Å². The van der Waals surface area contributed by atoms with Gasteiger partial charge >= 0.3 is 367 Å². The van der Waals surface area contributed by atoms with Crippen LogP contribution < -0.4 is 406 Å². The number of aliphatic carboxylic acids is 10. The van der Waals surface area contributed by atoms with Crippen LogP contribution in [0, 0.1) is 0 Å². The monoisotopic (exact) mass is 1180 g/mol. The maximum Gasteiger partial charge on any atom is 1.00 e. The molecule has 1 rings (SSSR count). The van der Waals surface area contributed by atoms with Crippen LogP contribution in [0.2, 0.25) is 0 Å². The minimum atomic E-state index is -2.97. The van der Waals surface area contributed by atoms with E-state index in [2.05, 4.69) is 0 Å². The number of hydrogen-bond acceptors (Lipinski definition) is 30. The molecule has 356 valence electrons. The molecule has 1 unspecified atom stereocenters. The van der Waals surface area contributed by atoms with Gasteiger partial charge in [0.1, 0.15) is 5.60 Å². The van der Waals surface area contributed by atoms with E-state index in [1.807, 2.05) is 0 Å². The van der Waals surface area contributed by atoms with Gasteiger partial charge in [-0.3, -0.25) is 12.6 Å². The van der Waals surface area contributed by atoms with Crippen molar-refractivity contribution in [2.75, 3.05) is 0 Å². The molecule has 0 fully saturated rings. The minimum absolute atomic E-state index is 0. The van der Waals surface area contributed by atoms with Crippen molar-refractivity contribution in [2.24, 2.45) is 0 Å². The van der Waals surface area contributed by atoms with E-state index in [0.29, 0.717) is 18.2 Å². The molecule has 44 heteroatoms. The van der Waals surface area contributed by atoms with Crippen LogP contribution in [-0.4, -0.2) is 139 Å². The average Bonchev–Trinajstić information content (AvgIpc) is 3.10. The molecular formula is C31H24Na12O32-4. The van der Waals surface area contributed by atoms with Crippen LogP contribution in [-0.2, 0) is 62.3 Å². The average molecular weight is 1180 g/mol. The molecule has 0 aliphatic carbocycles. The second kappa shape index (κ2) is 93.6. The third kappa shape index (κ3) is 117. The van der Waals surface area contributed by atoms with Crippen LogP contribution >= 0.6 is 0 Å². The number of allylic oxidation sites excluding steroid dienone is 1. The van der Waals surface area contributed by atoms with Gasteiger partial charge in [0.15, 0.2) is 0 Å². The van der Waals surface area contributed by atoms with Crippen LogP contribution in [0.3, 0.4) is 0 Å². The number of carbonyl (C=O) groups is 12. The Bertz CT molecular complexity index is 1710. The Kier molecular flexibility index (Phi) is 178. The zero-order chi connectivity index (χ0) is 48.8. The molecule has 32 nitrogen and oxygen atoms in total. The second-order valence-electron chi connectivity index (χ2n) is 8.77. The Morgan fingerprint density at radius 3 is 0.907 bits per heavy atom. The van der Waals surface area contributed by atoms with E-state index in [-0.39, 0.29) is 382 Å². The van der Waals surface area contributed by atoms with E-state index in [9.17, 15) is 98.4 Å². The van der Waals surface area contributed by atoms with Gasteiger partial charge in [0.2, 0.25) is 0 Å². The third-order valence-electron chi connectivity index (χ3n) is 4.21. The van der Waals surface area contributed by atoms with Gasteiger partial charge in [-0.2, -0.15) is 12.2 Å². The van der Waals surface area contributed by atoms with Crippen molar-refractivity contribution in [1.29, 1.82) is 0 Å². The van der Waals surface area contributed by atoms with Gasteiger partial charge in [-0.05, 0) is 12.3 Å². The Labute approximate surface area is 688 Å². The summed E-state index contributed by atoms with van der Waals surface area (Å²) >= 11 is 0. The molecule has 0 aromatic heterocycles. The summed E-state index contributed by atoms with van der Waals surface area (Å²) in [5.74, 6) is -20.3. The van der Waals surface area contributed by atoms with Gasteiger partial charge < -0.3 is 150 Å². The number of carbonyl (C=O) groups excluding carboxylic acids is 13. The first-order chi connectivity index (χ1) is 27.4. The van der Waals surface area contributed by atoms with Crippen molar-refractivity contribution in [3.8, 4) is 0 Å². The smallest absolute Gasteiger partial charge is 0.870 e. The molecule has 0 spiro atoms. The molecule has 0 radical (unpaired) electrons. The minimum Gasteiger partial charge on any atom is -0.870 e. The van der Waals surface area contributed by atoms with Gasteiger partial charge in [-0.25, -0.2) is 9.59 Å². The molecule has 1 aromatic rings. The molecule has 0 saturated heterocycles. The number of carboxylic acid groups (broad SMARTS) is 12. The number of aliphatic hydroxyl groups is 2. The Hall–Kier alpha value is 3.15. The van der Waals surface area contributed by atoms with Crippen molar-refractivity contribution in [2.45, 2.75) is 37.4 Å². The summed E-state index contributed by atoms with van der Waals surface area (Å²) in [5, 5.41) is 129. The van der Waals surface area contributed by atoms with Gasteiger partial charge in [-0.1, -0.05) is 24.3 Å². The summed E-state index contributed by atoms with van der Waals surface area (Å²) in [4.78, 5) is 143. The summed E-state index contributed by atoms with van der Waals surface area (Å²) in [6.07, 6.45) is 0.515. The van der Waals surface area contributed by atoms with Crippen molar-refractivity contribution in [3.63, 3.8) is 0 Å². The molecule has 7 N–H and O–H groups in total. The van der Waals surface area contributed by atoms with Crippen LogP contribution in [0.1, 0.15) is 46.4 Å². The largest absolute Gasteiger partial charge is 1.00 e. The first-order valence-corrected chi connectivity index (χ1v) is 13.9. The normalized spacial score (nSPS) is 7.76. The molecule has 75 heavy (non-hydrogen) atoms. The zero-order valence-electron chi connectivity index (χ0n) is 42.4. The van der Waals surface area contributed by atoms with E-state index in [1.165, 1.54) is 24.7 Å². The molecule has 1 atom stereocenters. The second-order valence-corrected chi connectivity index (χ2v) is 8.77. The molecule has 0 bridgehead atoms. The van der Waals surface area contributed by atoms with Gasteiger partial charge in [0, 0.05) is 54.0 Å². The SMILES string of the molecule is O=C(O)/C=C\C(=O)O.O=C([O-])C(=O)[O-].O=C([O-])CC(O)(CC(=O)[O-])C(=O)[O-].O=C([O-])c1ccccc1C(=O)[O-].O=[C-]/C=C/C(=O)[O-].O=[C-]CC(=O)[O-].O=[C-]CC(O)C(=O)[O-].[Na+].[Na+].[Na+].[Na+].[Na+].[Na+].[Na+].[Na+].[Na+].[Na+].[Na+].[Na+].[OH-].[OH-].[OH-]. The van der Waals surface area contributed by atoms with Gasteiger partial charge in [0.25, 0.3) is 0 Å². The maximum absolute atomic E-state index is 10.3. The number of benzene rings is 1. The molecule has 0 aliphatic rings. The summed E-state index contributed by atoms with van der Waals surface area (Å²) in [5.41, 5.74) is -3.70. The first-order valence-electron chi connectivity index (χ1n) is 13.9. The van der Waals surface area contributed by atoms with E-state index in [1.54, 1.807) is 0 Å². The number of hydrogen-bond donors (Lipinski definition) is 4. The van der Waals surface area contributed by atoms with E-state index >= 15 is 0 Å². The topological polar surface area (TPSA) is 658 Å². The number of carboxylic acids is 12. The predicted molar refractivity (Wildman–Crippen MR) is 161 cm³/mol. The standard InChI is InChI=1S/C8H6O4.C6H8O7.C4H5O4.C4H4O4.C4H3O3.C3H3O3.C2H2O4.12Na.3H2O/c9-7(10)5-3-1-2-4-6(5)8(11)12;7-3(8)1-6(13,5(11)12)2-4(9)10;5-2-1-3(6)4(7)8;5-3(6)1-2-4(7)8;5-3-1-2-4(6)7;4-2-1-3(5)6;3-1(4)2(5)6;;;;;;;;;;;;;;;/h1-4H,(H,9,10)(H,11,12);13H,1-2H2,(H,7,8)(H,9,10)(H,11,12);3,6H,1H2,(H,7,8);1-2H,(H,5,6)(H,7,8);1-2H,(H,6,7);1H2,(H,5,6);(H,3,4)(H,5,6);;;;;;;;;;;;;3*1H2/q;;-1;;2*-1;;12*+1;;;/p-13/b;;;2-1-;2-1+;;;;;;;;;;;;;;;;;. The number of aromatic carboxylic acids is 2. The van der Waals surface area contributed by atoms with Crippen LogP contribution in [0.15, 0.2) is 48.6 Å². The third-order valence-corrected chi connectivity index (χ3v) is 4.21. The molecule has 0 amide bonds. The van der Waals surface area contributed by atoms with Gasteiger partial charge in [0.05, 0.1) is 41.9 Å². The van der Waals surface area contributed by atoms with E-state index < -0.39 is 109 Å². The summed E-state index contributed by atoms with van der Waals surface area (Å²) in [6.45, 7) is 0. The van der Waals surface area contributed by atoms with E-state index in [4.69, 9.17) is 45.0 Å². The van der Waals surface area contributed by atoms with Crippen molar-refractivity contribution in [3.05, 3.63) is 59.7 Å². The molecular weight excluding hydrogens is 1160 g/mol. The number of aliphatic hydroxyl groups excluding tert-OH is 1. The number of rotatable bonds is 16. The Morgan fingerprint density at radius 2 is 0.800 bits per heavy atom. The van der Waals surface area contributed by atoms with Crippen LogP contribution in [0.5, 0.6) is 0 Å². The molecule has 0 aliphatic heterocycles. The fourth-order valence-electron chi connectivity index (χ4n) is 1.99. The first kappa shape index (κ1) is 142. The van der Waals surface area contributed by atoms with Crippen molar-refractivity contribution < 1.29 is 515 Å². The predicted octanol–water partition coefficient (Wildman–Crippen LogP) is -52.9. The fraction of sp³-hybridized carbons (Fsp3) is 0.194. The summed E-state index contributed by atoms with van der Waals surface area (Å²) in [7, 11) is 0. The maximum atomic E-state index is 10.3.